The molecular formula is C11H20N4O4. The van der Waals surface area contributed by atoms with Gasteiger partial charge in [-0.15, -0.1) is 0 Å². The summed E-state index contributed by atoms with van der Waals surface area (Å²) in [6, 6.07) is -2.72. The van der Waals surface area contributed by atoms with E-state index in [2.05, 4.69) is 5.32 Å². The van der Waals surface area contributed by atoms with E-state index in [0.717, 1.165) is 4.90 Å². The largest absolute Gasteiger partial charge is 0.391 e. The zero-order chi connectivity index (χ0) is 14.9. The van der Waals surface area contributed by atoms with Crippen LogP contribution in [0.15, 0.2) is 0 Å². The third-order valence-corrected chi connectivity index (χ3v) is 3.47. The normalized spacial score (nSPS) is 29.5. The van der Waals surface area contributed by atoms with Crippen LogP contribution in [-0.4, -0.2) is 59.0 Å². The van der Waals surface area contributed by atoms with Crippen molar-refractivity contribution in [3.8, 4) is 0 Å². The molecular weight excluding hydrogens is 252 g/mol. The molecule has 0 aromatic heterocycles. The number of nitrogens with one attached hydrogen (secondary N) is 1. The molecule has 0 spiro atoms. The van der Waals surface area contributed by atoms with Gasteiger partial charge < -0.3 is 26.8 Å². The number of aliphatic hydroxyl groups excluding tert-OH is 1. The van der Waals surface area contributed by atoms with E-state index in [4.69, 9.17) is 11.5 Å². The van der Waals surface area contributed by atoms with Crippen molar-refractivity contribution >= 4 is 17.7 Å². The highest BCUT2D eigenvalue weighted by atomic mass is 16.3. The number of aliphatic hydroxyl groups is 1. The van der Waals surface area contributed by atoms with Gasteiger partial charge in [0.2, 0.25) is 17.7 Å². The second-order valence-corrected chi connectivity index (χ2v) is 4.91. The lowest BCUT2D eigenvalue weighted by Gasteiger charge is -2.30. The first kappa shape index (κ1) is 15.4. The highest BCUT2D eigenvalue weighted by molar-refractivity contribution is 5.96. The lowest BCUT2D eigenvalue weighted by molar-refractivity contribution is -0.143. The molecule has 0 aromatic carbocycles. The van der Waals surface area contributed by atoms with Gasteiger partial charge in [-0.3, -0.25) is 14.4 Å². The highest BCUT2D eigenvalue weighted by Gasteiger charge is 2.44. The van der Waals surface area contributed by atoms with Crippen LogP contribution in [0.2, 0.25) is 0 Å². The van der Waals surface area contributed by atoms with Gasteiger partial charge in [0.25, 0.3) is 0 Å². The molecule has 6 N–H and O–H groups in total. The first-order valence-electron chi connectivity index (χ1n) is 5.98. The number of primary amides is 1. The molecule has 0 radical (unpaired) electrons. The Morgan fingerprint density at radius 3 is 2.32 bits per heavy atom. The van der Waals surface area contributed by atoms with Gasteiger partial charge in [-0.05, 0) is 6.92 Å². The minimum Gasteiger partial charge on any atom is -0.391 e. The molecule has 108 valence electrons. The van der Waals surface area contributed by atoms with E-state index in [1.165, 1.54) is 14.0 Å². The molecule has 5 atom stereocenters. The number of hydrogen-bond donors (Lipinski definition) is 4. The molecule has 0 saturated carbocycles. The fraction of sp³-hybridized carbons (Fsp3) is 0.727. The predicted octanol–water partition coefficient (Wildman–Crippen LogP) is -2.86. The van der Waals surface area contributed by atoms with E-state index in [1.807, 2.05) is 0 Å². The van der Waals surface area contributed by atoms with Crippen molar-refractivity contribution in [2.24, 2.45) is 17.4 Å². The molecule has 8 nitrogen and oxygen atoms in total. The molecule has 1 fully saturated rings. The number of nitrogens with zero attached hydrogens (tertiary/aromatic N) is 1. The van der Waals surface area contributed by atoms with Gasteiger partial charge in [-0.2, -0.15) is 0 Å². The smallest absolute Gasteiger partial charge is 0.246 e. The van der Waals surface area contributed by atoms with Crippen LogP contribution in [0.3, 0.4) is 0 Å². The molecule has 1 rings (SSSR count). The molecule has 1 saturated heterocycles. The first-order chi connectivity index (χ1) is 8.68. The zero-order valence-corrected chi connectivity index (χ0v) is 11.2. The SMILES string of the molecule is CC1C(N)C(=O)NC1C(=O)N(C)[C@H](C(N)=O)[C@@H](C)O. The molecule has 1 aliphatic heterocycles. The van der Waals surface area contributed by atoms with Crippen LogP contribution in [0.1, 0.15) is 13.8 Å². The number of carbonyl (C=O) groups excluding carboxylic acids is 3. The lowest BCUT2D eigenvalue weighted by Crippen LogP contribution is -2.56. The van der Waals surface area contributed by atoms with Gasteiger partial charge in [0, 0.05) is 13.0 Å². The third-order valence-electron chi connectivity index (χ3n) is 3.47. The highest BCUT2D eigenvalue weighted by Crippen LogP contribution is 2.18. The molecule has 1 aliphatic rings. The van der Waals surface area contributed by atoms with E-state index in [9.17, 15) is 19.5 Å². The van der Waals surface area contributed by atoms with E-state index in [-0.39, 0.29) is 0 Å². The number of amides is 3. The van der Waals surface area contributed by atoms with Crippen molar-refractivity contribution < 1.29 is 19.5 Å². The molecule has 8 heteroatoms. The second-order valence-electron chi connectivity index (χ2n) is 4.91. The Hall–Kier alpha value is -1.67. The van der Waals surface area contributed by atoms with Crippen molar-refractivity contribution in [3.63, 3.8) is 0 Å². The van der Waals surface area contributed by atoms with Crippen LogP contribution in [-0.2, 0) is 14.4 Å². The summed E-state index contributed by atoms with van der Waals surface area (Å²) in [5, 5.41) is 12.0. The molecule has 0 aromatic rings. The predicted molar refractivity (Wildman–Crippen MR) is 66.5 cm³/mol. The summed E-state index contributed by atoms with van der Waals surface area (Å²) < 4.78 is 0. The van der Waals surface area contributed by atoms with Crippen LogP contribution < -0.4 is 16.8 Å². The minimum atomic E-state index is -1.14. The van der Waals surface area contributed by atoms with Gasteiger partial charge in [0.05, 0.1) is 12.1 Å². The Labute approximate surface area is 111 Å². The quantitative estimate of drug-likeness (QED) is 0.436. The summed E-state index contributed by atoms with van der Waals surface area (Å²) in [5.41, 5.74) is 10.8. The summed E-state index contributed by atoms with van der Waals surface area (Å²) >= 11 is 0. The fourth-order valence-corrected chi connectivity index (χ4v) is 2.22. The monoisotopic (exact) mass is 272 g/mol. The molecule has 19 heavy (non-hydrogen) atoms. The van der Waals surface area contributed by atoms with Gasteiger partial charge in [0.15, 0.2) is 0 Å². The van der Waals surface area contributed by atoms with Crippen molar-refractivity contribution in [1.82, 2.24) is 10.2 Å². The lowest BCUT2D eigenvalue weighted by atomic mass is 9.97. The molecule has 0 aliphatic carbocycles. The fourth-order valence-electron chi connectivity index (χ4n) is 2.22. The maximum Gasteiger partial charge on any atom is 0.246 e. The summed E-state index contributed by atoms with van der Waals surface area (Å²) in [6.45, 7) is 3.03. The molecule has 3 amide bonds. The van der Waals surface area contributed by atoms with E-state index < -0.39 is 47.9 Å². The van der Waals surface area contributed by atoms with Crippen molar-refractivity contribution in [2.75, 3.05) is 7.05 Å². The van der Waals surface area contributed by atoms with Crippen molar-refractivity contribution in [1.29, 1.82) is 0 Å². The van der Waals surface area contributed by atoms with Gasteiger partial charge >= 0.3 is 0 Å². The maximum atomic E-state index is 12.2. The van der Waals surface area contributed by atoms with Gasteiger partial charge in [-0.1, -0.05) is 6.92 Å². The van der Waals surface area contributed by atoms with Crippen molar-refractivity contribution in [3.05, 3.63) is 0 Å². The number of hydrogen-bond acceptors (Lipinski definition) is 5. The molecule has 3 unspecified atom stereocenters. The minimum absolute atomic E-state index is 0.398. The summed E-state index contributed by atoms with van der Waals surface area (Å²) in [6.07, 6.45) is -1.10. The average molecular weight is 272 g/mol. The summed E-state index contributed by atoms with van der Waals surface area (Å²) in [5.74, 6) is -2.12. The Balaban J connectivity index is 2.88. The van der Waals surface area contributed by atoms with E-state index in [1.54, 1.807) is 6.92 Å². The topological polar surface area (TPSA) is 139 Å². The first-order valence-corrected chi connectivity index (χ1v) is 5.98. The van der Waals surface area contributed by atoms with E-state index >= 15 is 0 Å². The van der Waals surface area contributed by atoms with Crippen LogP contribution in [0.5, 0.6) is 0 Å². The van der Waals surface area contributed by atoms with E-state index in [0.29, 0.717) is 0 Å². The molecule has 1 heterocycles. The Morgan fingerprint density at radius 1 is 1.47 bits per heavy atom. The second kappa shape index (κ2) is 5.54. The van der Waals surface area contributed by atoms with Crippen LogP contribution >= 0.6 is 0 Å². The Kier molecular flexibility index (Phi) is 4.48. The van der Waals surface area contributed by atoms with Gasteiger partial charge in [-0.25, -0.2) is 0 Å². The van der Waals surface area contributed by atoms with Crippen LogP contribution in [0.25, 0.3) is 0 Å². The average Bonchev–Trinajstić information content (AvgIpc) is 2.55. The number of likely N-dealkylation sites (N-methyl/N-ethyl adjacent to an activating group) is 1. The van der Waals surface area contributed by atoms with Crippen LogP contribution in [0.4, 0.5) is 0 Å². The number of carbonyl (C=O) groups is 3. The standard InChI is InChI=1S/C11H20N4O4/c1-4-6(12)10(18)14-7(4)11(19)15(3)8(5(2)16)9(13)17/h4-8,16H,12H2,1-3H3,(H2,13,17)(H,14,18)/t4?,5-,6?,7?,8+/m1/s1. The Morgan fingerprint density at radius 2 is 2.00 bits per heavy atom. The number of rotatable bonds is 4. The molecule has 0 bridgehead atoms. The Bertz CT molecular complexity index is 398. The zero-order valence-electron chi connectivity index (χ0n) is 11.2. The van der Waals surface area contributed by atoms with Crippen molar-refractivity contribution in [2.45, 2.75) is 38.1 Å². The summed E-state index contributed by atoms with van der Waals surface area (Å²) in [7, 11) is 1.35. The maximum absolute atomic E-state index is 12.2. The van der Waals surface area contributed by atoms with Gasteiger partial charge in [0.1, 0.15) is 12.1 Å². The number of nitrogens with two attached hydrogens (primary N) is 2. The van der Waals surface area contributed by atoms with Crippen LogP contribution in [0, 0.1) is 5.92 Å². The summed E-state index contributed by atoms with van der Waals surface area (Å²) in [4.78, 5) is 36.0. The third kappa shape index (κ3) is 2.85.